The Bertz CT molecular complexity index is 4950. The highest BCUT2D eigenvalue weighted by molar-refractivity contribution is 6.28. The van der Waals surface area contributed by atoms with Crippen LogP contribution in [-0.2, 0) is 0 Å². The van der Waals surface area contributed by atoms with Crippen LogP contribution in [0.5, 0.6) is 0 Å². The fraction of sp³-hybridized carbons (Fsp3) is 0. The summed E-state index contributed by atoms with van der Waals surface area (Å²) in [6.45, 7) is 0. The van der Waals surface area contributed by atoms with Crippen LogP contribution in [-0.4, -0.2) is 0 Å². The Kier molecular flexibility index (Phi) is 9.98. The second-order valence-corrected chi connectivity index (χ2v) is 20.5. The molecule has 0 atom stereocenters. The van der Waals surface area contributed by atoms with Gasteiger partial charge in [-0.25, -0.2) is 0 Å². The lowest BCUT2D eigenvalue weighted by Gasteiger charge is -2.19. The highest BCUT2D eigenvalue weighted by Gasteiger charge is 2.24. The predicted molar refractivity (Wildman–Crippen MR) is 329 cm³/mol. The zero-order valence-electron chi connectivity index (χ0n) is 42.4. The molecule has 0 radical (unpaired) electrons. The number of rotatable bonds is 7. The molecule has 14 aromatic carbocycles. The molecule has 0 aliphatic carbocycles. The van der Waals surface area contributed by atoms with Gasteiger partial charge in [-0.15, -0.1) is 0 Å². The van der Waals surface area contributed by atoms with E-state index in [1.54, 1.807) is 0 Å². The number of fused-ring (bicyclic) bond motifs is 10. The van der Waals surface area contributed by atoms with Crippen LogP contribution in [0.15, 0.2) is 288 Å². The fourth-order valence-corrected chi connectivity index (χ4v) is 12.9. The van der Waals surface area contributed by atoms with Gasteiger partial charge in [0.2, 0.25) is 0 Å². The van der Waals surface area contributed by atoms with Crippen LogP contribution in [0.4, 0.5) is 0 Å². The zero-order chi connectivity index (χ0) is 51.3. The summed E-state index contributed by atoms with van der Waals surface area (Å²) < 4.78 is 13.8. The molecular weight excluding hydrogens is 945 g/mol. The molecule has 2 heteroatoms. The first-order valence-corrected chi connectivity index (χ1v) is 26.8. The van der Waals surface area contributed by atoms with Gasteiger partial charge in [-0.2, -0.15) is 0 Å². The quantitative estimate of drug-likeness (QED) is 0.149. The van der Waals surface area contributed by atoms with Crippen molar-refractivity contribution in [2.24, 2.45) is 0 Å². The van der Waals surface area contributed by atoms with Crippen molar-refractivity contribution in [2.75, 3.05) is 0 Å². The first-order valence-electron chi connectivity index (χ1n) is 26.8. The monoisotopic (exact) mass is 990 g/mol. The van der Waals surface area contributed by atoms with Gasteiger partial charge >= 0.3 is 0 Å². The lowest BCUT2D eigenvalue weighted by atomic mass is 9.84. The molecule has 0 saturated heterocycles. The lowest BCUT2D eigenvalue weighted by molar-refractivity contribution is 0.669. The normalized spacial score (nSPS) is 11.8. The Morgan fingerprint density at radius 3 is 1.15 bits per heavy atom. The Morgan fingerprint density at radius 1 is 0.179 bits per heavy atom. The third-order valence-electron chi connectivity index (χ3n) is 16.3. The molecule has 16 rings (SSSR count). The van der Waals surface area contributed by atoms with Crippen LogP contribution in [0.2, 0.25) is 0 Å². The minimum atomic E-state index is 0.875. The minimum absolute atomic E-state index is 0.875. The van der Waals surface area contributed by atoms with Crippen LogP contribution in [0, 0.1) is 0 Å². The molecule has 0 unspecified atom stereocenters. The predicted octanol–water partition coefficient (Wildman–Crippen LogP) is 21.8. The summed E-state index contributed by atoms with van der Waals surface area (Å²) in [5.41, 5.74) is 19.9. The molecule has 0 spiro atoms. The van der Waals surface area contributed by atoms with Crippen molar-refractivity contribution in [3.8, 4) is 77.9 Å². The van der Waals surface area contributed by atoms with Crippen LogP contribution in [0.1, 0.15) is 0 Å². The topological polar surface area (TPSA) is 26.3 Å². The summed E-state index contributed by atoms with van der Waals surface area (Å²) in [6, 6.07) is 101. The third kappa shape index (κ3) is 6.77. The number of furan rings is 2. The fourth-order valence-electron chi connectivity index (χ4n) is 12.9. The van der Waals surface area contributed by atoms with E-state index in [0.717, 1.165) is 82.8 Å². The number of hydrogen-bond donors (Lipinski definition) is 0. The first kappa shape index (κ1) is 44.1. The number of hydrogen-bond acceptors (Lipinski definition) is 2. The summed E-state index contributed by atoms with van der Waals surface area (Å²) in [5.74, 6) is 0. The standard InChI is InChI=1S/C76H46O2/c1-3-20-48(21-4-1)53-35-18-37-66-73-64(36-19-39-68(73)78-75(53)66)71-59-30-11-9-28-57(59)70(58-29-10-12-31-60(58)71)50-42-40-47(41-43-50)51-24-17-25-52(46-51)54-44-45-65(74-63-34-15-16-38-67(63)77-76(54)74)72-61-32-13-7-26-55(61)69(49-22-5-2-6-23-49)56-27-8-14-33-62(56)72/h1-46H. The van der Waals surface area contributed by atoms with E-state index in [0.29, 0.717) is 0 Å². The third-order valence-corrected chi connectivity index (χ3v) is 16.3. The molecule has 2 aromatic heterocycles. The highest BCUT2D eigenvalue weighted by Crippen LogP contribution is 2.51. The molecule has 0 N–H and O–H groups in total. The van der Waals surface area contributed by atoms with Crippen molar-refractivity contribution in [1.82, 2.24) is 0 Å². The molecule has 362 valence electrons. The van der Waals surface area contributed by atoms with E-state index in [2.05, 4.69) is 279 Å². The molecular formula is C76H46O2. The van der Waals surface area contributed by atoms with Gasteiger partial charge in [0, 0.05) is 32.7 Å². The summed E-state index contributed by atoms with van der Waals surface area (Å²) in [7, 11) is 0. The van der Waals surface area contributed by atoms with Crippen molar-refractivity contribution >= 4 is 87.0 Å². The smallest absolute Gasteiger partial charge is 0.143 e. The molecule has 2 heterocycles. The lowest BCUT2D eigenvalue weighted by Crippen LogP contribution is -1.92. The summed E-state index contributed by atoms with van der Waals surface area (Å²) in [4.78, 5) is 0. The summed E-state index contributed by atoms with van der Waals surface area (Å²) in [5, 5.41) is 14.2. The number of para-hydroxylation sites is 2. The van der Waals surface area contributed by atoms with Gasteiger partial charge < -0.3 is 8.83 Å². The van der Waals surface area contributed by atoms with E-state index in [-0.39, 0.29) is 0 Å². The second kappa shape index (κ2) is 17.7. The highest BCUT2D eigenvalue weighted by atomic mass is 16.3. The van der Waals surface area contributed by atoms with Gasteiger partial charge in [-0.1, -0.05) is 255 Å². The van der Waals surface area contributed by atoms with Gasteiger partial charge in [0.25, 0.3) is 0 Å². The van der Waals surface area contributed by atoms with Gasteiger partial charge in [0.15, 0.2) is 0 Å². The Labute approximate surface area is 450 Å². The maximum Gasteiger partial charge on any atom is 0.143 e. The van der Waals surface area contributed by atoms with Gasteiger partial charge in [-0.3, -0.25) is 0 Å². The molecule has 2 nitrogen and oxygen atoms in total. The number of benzene rings is 14. The minimum Gasteiger partial charge on any atom is -0.455 e. The summed E-state index contributed by atoms with van der Waals surface area (Å²) in [6.07, 6.45) is 0. The van der Waals surface area contributed by atoms with Crippen molar-refractivity contribution in [3.05, 3.63) is 279 Å². The van der Waals surface area contributed by atoms with Crippen LogP contribution < -0.4 is 0 Å². The van der Waals surface area contributed by atoms with Crippen LogP contribution in [0.3, 0.4) is 0 Å². The molecule has 0 aliphatic heterocycles. The Morgan fingerprint density at radius 2 is 0.551 bits per heavy atom. The van der Waals surface area contributed by atoms with E-state index in [1.165, 1.54) is 82.0 Å². The Balaban J connectivity index is 0.820. The van der Waals surface area contributed by atoms with E-state index >= 15 is 0 Å². The van der Waals surface area contributed by atoms with Crippen molar-refractivity contribution in [2.45, 2.75) is 0 Å². The Hall–Kier alpha value is -10.3. The van der Waals surface area contributed by atoms with Gasteiger partial charge in [0.1, 0.15) is 22.3 Å². The van der Waals surface area contributed by atoms with E-state index < -0.39 is 0 Å². The zero-order valence-corrected chi connectivity index (χ0v) is 42.4. The average molecular weight is 991 g/mol. The van der Waals surface area contributed by atoms with Crippen LogP contribution >= 0.6 is 0 Å². The molecule has 0 amide bonds. The first-order chi connectivity index (χ1) is 38.7. The molecule has 0 fully saturated rings. The van der Waals surface area contributed by atoms with Crippen molar-refractivity contribution in [1.29, 1.82) is 0 Å². The average Bonchev–Trinajstić information content (AvgIpc) is 4.26. The second-order valence-electron chi connectivity index (χ2n) is 20.5. The molecule has 0 saturated carbocycles. The van der Waals surface area contributed by atoms with E-state index in [1.807, 2.05) is 0 Å². The van der Waals surface area contributed by atoms with E-state index in [9.17, 15) is 0 Å². The van der Waals surface area contributed by atoms with Crippen molar-refractivity contribution < 1.29 is 8.83 Å². The maximum atomic E-state index is 6.99. The van der Waals surface area contributed by atoms with E-state index in [4.69, 9.17) is 8.83 Å². The molecule has 0 aliphatic rings. The van der Waals surface area contributed by atoms with Crippen LogP contribution in [0.25, 0.3) is 165 Å². The maximum absolute atomic E-state index is 6.99. The largest absolute Gasteiger partial charge is 0.455 e. The molecule has 16 aromatic rings. The molecule has 78 heavy (non-hydrogen) atoms. The summed E-state index contributed by atoms with van der Waals surface area (Å²) >= 11 is 0. The van der Waals surface area contributed by atoms with Gasteiger partial charge in [0.05, 0.1) is 0 Å². The van der Waals surface area contributed by atoms with Crippen molar-refractivity contribution in [3.63, 3.8) is 0 Å². The van der Waals surface area contributed by atoms with Gasteiger partial charge in [-0.05, 0) is 134 Å². The SMILES string of the molecule is c1ccc(-c2c3ccccc3c(-c3ccc(-c4cccc(-c5ccc(-c6c7ccccc7c(-c7cccc8oc9c(-c%10ccccc%10)cccc9c78)c7ccccc67)cc5)c4)c4oc5ccccc5c34)c3ccccc23)cc1. The molecule has 0 bridgehead atoms.